The number of hydrogen-bond donors (Lipinski definition) is 0. The summed E-state index contributed by atoms with van der Waals surface area (Å²) in [5.41, 5.74) is 17.0. The molecule has 0 spiro atoms. The summed E-state index contributed by atoms with van der Waals surface area (Å²) in [5, 5.41) is 4.78. The molecule has 0 aliphatic carbocycles. The first-order valence-electron chi connectivity index (χ1n) is 20.5. The molecule has 0 bridgehead atoms. The average Bonchev–Trinajstić information content (AvgIpc) is 3.70. The molecule has 1 heterocycles. The molecule has 0 saturated heterocycles. The van der Waals surface area contributed by atoms with Gasteiger partial charge in [0.05, 0.1) is 0 Å². The number of para-hydroxylation sites is 1. The highest BCUT2D eigenvalue weighted by Crippen LogP contribution is 2.40. The van der Waals surface area contributed by atoms with E-state index in [0.29, 0.717) is 0 Å². The van der Waals surface area contributed by atoms with E-state index < -0.39 is 0 Å². The molecule has 282 valence electrons. The summed E-state index contributed by atoms with van der Waals surface area (Å²) < 4.78 is 6.11. The van der Waals surface area contributed by atoms with Crippen molar-refractivity contribution in [1.29, 1.82) is 0 Å². The minimum absolute atomic E-state index is 0.906. The Kier molecular flexibility index (Phi) is 8.87. The zero-order chi connectivity index (χ0) is 39.8. The van der Waals surface area contributed by atoms with Crippen molar-refractivity contribution in [3.05, 3.63) is 237 Å². The van der Waals surface area contributed by atoms with Crippen LogP contribution in [0.4, 0.5) is 17.1 Å². The van der Waals surface area contributed by atoms with Gasteiger partial charge < -0.3 is 9.32 Å². The van der Waals surface area contributed by atoms with Gasteiger partial charge in [0, 0.05) is 27.8 Å². The molecule has 1 aromatic heterocycles. The number of rotatable bonds is 8. The van der Waals surface area contributed by atoms with Crippen molar-refractivity contribution in [1.82, 2.24) is 0 Å². The lowest BCUT2D eigenvalue weighted by Gasteiger charge is -2.26. The van der Waals surface area contributed by atoms with E-state index in [9.17, 15) is 0 Å². The maximum atomic E-state index is 6.11. The SMILES string of the molecule is c1ccc(-c2cccc(N(c3ccc(-c4ccc(-c5cccc(-c6ccc7ccccc7c6)c5)cc4)cc3)c3ccc(-c4ccc5oc6ccccc6c5c4)cc3)c2)cc1. The minimum Gasteiger partial charge on any atom is -0.456 e. The molecule has 0 radical (unpaired) electrons. The normalized spacial score (nSPS) is 11.3. The van der Waals surface area contributed by atoms with Crippen molar-refractivity contribution in [3.8, 4) is 55.6 Å². The third-order valence-electron chi connectivity index (χ3n) is 11.7. The summed E-state index contributed by atoms with van der Waals surface area (Å²) in [5.74, 6) is 0. The van der Waals surface area contributed by atoms with E-state index in [4.69, 9.17) is 4.42 Å². The number of anilines is 3. The predicted molar refractivity (Wildman–Crippen MR) is 253 cm³/mol. The fourth-order valence-electron chi connectivity index (χ4n) is 8.52. The van der Waals surface area contributed by atoms with E-state index in [1.165, 1.54) is 55.3 Å². The summed E-state index contributed by atoms with van der Waals surface area (Å²) in [4.78, 5) is 2.35. The van der Waals surface area contributed by atoms with Crippen molar-refractivity contribution in [2.24, 2.45) is 0 Å². The van der Waals surface area contributed by atoms with Gasteiger partial charge in [-0.25, -0.2) is 0 Å². The lowest BCUT2D eigenvalue weighted by Crippen LogP contribution is -2.10. The smallest absolute Gasteiger partial charge is 0.135 e. The van der Waals surface area contributed by atoms with Crippen LogP contribution in [-0.4, -0.2) is 0 Å². The highest BCUT2D eigenvalue weighted by atomic mass is 16.3. The van der Waals surface area contributed by atoms with Crippen molar-refractivity contribution in [2.45, 2.75) is 0 Å². The highest BCUT2D eigenvalue weighted by Gasteiger charge is 2.15. The van der Waals surface area contributed by atoms with Gasteiger partial charge in [0.25, 0.3) is 0 Å². The molecule has 10 aromatic carbocycles. The molecule has 0 unspecified atom stereocenters. The molecule has 0 amide bonds. The predicted octanol–water partition coefficient (Wildman–Crippen LogP) is 16.5. The van der Waals surface area contributed by atoms with E-state index >= 15 is 0 Å². The number of benzene rings is 10. The largest absolute Gasteiger partial charge is 0.456 e. The molecule has 0 atom stereocenters. The Morgan fingerprint density at radius 2 is 0.683 bits per heavy atom. The van der Waals surface area contributed by atoms with E-state index in [-0.39, 0.29) is 0 Å². The van der Waals surface area contributed by atoms with Crippen molar-refractivity contribution < 1.29 is 4.42 Å². The summed E-state index contributed by atoms with van der Waals surface area (Å²) in [6.07, 6.45) is 0. The zero-order valence-electron chi connectivity index (χ0n) is 32.9. The topological polar surface area (TPSA) is 16.4 Å². The van der Waals surface area contributed by atoms with E-state index in [1.54, 1.807) is 0 Å². The Hall–Kier alpha value is -7.94. The standard InChI is InChI=1S/C58H39NO/c1-2-10-40(11-3-1)49-16-9-17-54(38-49)59(53-33-28-45(29-34-53)51-30-35-58-56(39-51)55-18-6-7-19-57(55)60-58)52-31-26-43(27-32-52)42-20-22-44(23-21-42)47-14-8-15-48(36-47)50-25-24-41-12-4-5-13-46(41)37-50/h1-39H. The highest BCUT2D eigenvalue weighted by molar-refractivity contribution is 6.06. The second-order valence-corrected chi connectivity index (χ2v) is 15.4. The van der Waals surface area contributed by atoms with Gasteiger partial charge in [0.15, 0.2) is 0 Å². The Balaban J connectivity index is 0.902. The molecular weight excluding hydrogens is 727 g/mol. The van der Waals surface area contributed by atoms with Gasteiger partial charge in [-0.2, -0.15) is 0 Å². The van der Waals surface area contributed by atoms with Crippen LogP contribution in [0, 0.1) is 0 Å². The summed E-state index contributed by atoms with van der Waals surface area (Å²) in [7, 11) is 0. The quantitative estimate of drug-likeness (QED) is 0.153. The van der Waals surface area contributed by atoms with Crippen LogP contribution in [0.3, 0.4) is 0 Å². The van der Waals surface area contributed by atoms with Crippen LogP contribution in [-0.2, 0) is 0 Å². The average molecular weight is 766 g/mol. The molecule has 0 aliphatic rings. The van der Waals surface area contributed by atoms with Crippen molar-refractivity contribution >= 4 is 49.8 Å². The summed E-state index contributed by atoms with van der Waals surface area (Å²) in [6.45, 7) is 0. The van der Waals surface area contributed by atoms with Crippen LogP contribution >= 0.6 is 0 Å². The van der Waals surface area contributed by atoms with E-state index in [2.05, 4.69) is 229 Å². The maximum Gasteiger partial charge on any atom is 0.135 e. The maximum absolute atomic E-state index is 6.11. The molecule has 0 saturated carbocycles. The third kappa shape index (κ3) is 6.70. The fraction of sp³-hybridized carbons (Fsp3) is 0. The zero-order valence-corrected chi connectivity index (χ0v) is 32.9. The number of fused-ring (bicyclic) bond motifs is 4. The van der Waals surface area contributed by atoms with Crippen molar-refractivity contribution in [3.63, 3.8) is 0 Å². The number of hydrogen-bond acceptors (Lipinski definition) is 2. The first-order chi connectivity index (χ1) is 29.7. The monoisotopic (exact) mass is 765 g/mol. The van der Waals surface area contributed by atoms with Gasteiger partial charge in [-0.15, -0.1) is 0 Å². The van der Waals surface area contributed by atoms with Gasteiger partial charge >= 0.3 is 0 Å². The number of nitrogens with zero attached hydrogens (tertiary/aromatic N) is 1. The lowest BCUT2D eigenvalue weighted by atomic mass is 9.96. The van der Waals surface area contributed by atoms with E-state index in [0.717, 1.165) is 50.1 Å². The third-order valence-corrected chi connectivity index (χ3v) is 11.7. The van der Waals surface area contributed by atoms with Gasteiger partial charge in [0.1, 0.15) is 11.2 Å². The summed E-state index contributed by atoms with van der Waals surface area (Å²) in [6, 6.07) is 85.0. The molecule has 60 heavy (non-hydrogen) atoms. The minimum atomic E-state index is 0.906. The second kappa shape index (κ2) is 15.1. The first-order valence-corrected chi connectivity index (χ1v) is 20.5. The molecule has 11 rings (SSSR count). The molecule has 0 aliphatic heterocycles. The van der Waals surface area contributed by atoms with Crippen LogP contribution in [0.1, 0.15) is 0 Å². The van der Waals surface area contributed by atoms with Crippen LogP contribution in [0.15, 0.2) is 241 Å². The van der Waals surface area contributed by atoms with Gasteiger partial charge in [0.2, 0.25) is 0 Å². The van der Waals surface area contributed by atoms with Crippen LogP contribution in [0.25, 0.3) is 88.3 Å². The van der Waals surface area contributed by atoms with Gasteiger partial charge in [-0.1, -0.05) is 170 Å². The fourth-order valence-corrected chi connectivity index (χ4v) is 8.52. The first kappa shape index (κ1) is 35.2. The molecule has 0 fully saturated rings. The van der Waals surface area contributed by atoms with Crippen LogP contribution < -0.4 is 4.90 Å². The molecule has 11 aromatic rings. The summed E-state index contributed by atoms with van der Waals surface area (Å²) >= 11 is 0. The van der Waals surface area contributed by atoms with Crippen LogP contribution in [0.2, 0.25) is 0 Å². The van der Waals surface area contributed by atoms with Crippen LogP contribution in [0.5, 0.6) is 0 Å². The molecule has 2 nitrogen and oxygen atoms in total. The molecule has 0 N–H and O–H groups in total. The van der Waals surface area contributed by atoms with Gasteiger partial charge in [-0.05, 0) is 133 Å². The van der Waals surface area contributed by atoms with E-state index in [1.807, 2.05) is 12.1 Å². The Labute approximate surface area is 349 Å². The second-order valence-electron chi connectivity index (χ2n) is 15.4. The van der Waals surface area contributed by atoms with Crippen molar-refractivity contribution in [2.75, 3.05) is 4.90 Å². The van der Waals surface area contributed by atoms with Gasteiger partial charge in [-0.3, -0.25) is 0 Å². The molecular formula is C58H39NO. The Bertz CT molecular complexity index is 3290. The molecule has 2 heteroatoms. The number of furan rings is 1. The Morgan fingerprint density at radius 1 is 0.233 bits per heavy atom. The lowest BCUT2D eigenvalue weighted by molar-refractivity contribution is 0.669. The Morgan fingerprint density at radius 3 is 1.40 bits per heavy atom.